The summed E-state index contributed by atoms with van der Waals surface area (Å²) in [4.78, 5) is 15.3. The first-order valence-electron chi connectivity index (χ1n) is 6.18. The van der Waals surface area contributed by atoms with E-state index in [0.717, 1.165) is 4.47 Å². The number of nitrogens with zero attached hydrogens (tertiary/aromatic N) is 3. The highest BCUT2D eigenvalue weighted by molar-refractivity contribution is 9.10. The Morgan fingerprint density at radius 2 is 2.30 bits per heavy atom. The Morgan fingerprint density at radius 3 is 3.00 bits per heavy atom. The second kappa shape index (κ2) is 7.14. The summed E-state index contributed by atoms with van der Waals surface area (Å²) in [6.45, 7) is 0.648. The Hall–Kier alpha value is -1.76. The van der Waals surface area contributed by atoms with Gasteiger partial charge in [-0.2, -0.15) is 5.10 Å². The van der Waals surface area contributed by atoms with Crippen LogP contribution < -0.4 is 5.32 Å². The lowest BCUT2D eigenvalue weighted by molar-refractivity contribution is -0.121. The number of nitrogens with one attached hydrogen (secondary N) is 1. The van der Waals surface area contributed by atoms with Gasteiger partial charge < -0.3 is 5.32 Å². The van der Waals surface area contributed by atoms with Crippen LogP contribution in [0.15, 0.2) is 35.3 Å². The molecule has 20 heavy (non-hydrogen) atoms. The Bertz CT molecular complexity index is 574. The van der Waals surface area contributed by atoms with Crippen LogP contribution in [-0.4, -0.2) is 27.2 Å². The number of rotatable bonds is 6. The van der Waals surface area contributed by atoms with Crippen molar-refractivity contribution in [2.24, 2.45) is 0 Å². The van der Waals surface area contributed by atoms with Gasteiger partial charge in [-0.1, -0.05) is 22.0 Å². The van der Waals surface area contributed by atoms with Gasteiger partial charge in [-0.15, -0.1) is 0 Å². The minimum Gasteiger partial charge on any atom is -0.354 e. The molecule has 0 saturated carbocycles. The molecule has 0 saturated heterocycles. The zero-order chi connectivity index (χ0) is 14.4. The van der Waals surface area contributed by atoms with E-state index in [0.29, 0.717) is 24.9 Å². The normalized spacial score (nSPS) is 10.5. The molecular weight excluding hydrogens is 327 g/mol. The molecule has 0 bridgehead atoms. The number of amides is 1. The second-order valence-corrected chi connectivity index (χ2v) is 5.20. The fraction of sp³-hybridized carbons (Fsp3) is 0.308. The number of aryl methyl sites for hydroxylation is 1. The molecule has 0 aliphatic heterocycles. The highest BCUT2D eigenvalue weighted by Crippen LogP contribution is 2.16. The summed E-state index contributed by atoms with van der Waals surface area (Å²) in [6.07, 6.45) is 4.13. The molecule has 2 rings (SSSR count). The van der Waals surface area contributed by atoms with Gasteiger partial charge in [0.25, 0.3) is 0 Å². The van der Waals surface area contributed by atoms with E-state index in [9.17, 15) is 9.18 Å². The summed E-state index contributed by atoms with van der Waals surface area (Å²) in [5.41, 5.74) is 0.652. The fourth-order valence-electron chi connectivity index (χ4n) is 1.75. The molecule has 1 N–H and O–H groups in total. The lowest BCUT2D eigenvalue weighted by Crippen LogP contribution is -2.28. The van der Waals surface area contributed by atoms with Gasteiger partial charge >= 0.3 is 0 Å². The Kier molecular flexibility index (Phi) is 5.23. The van der Waals surface area contributed by atoms with Crippen molar-refractivity contribution >= 4 is 21.8 Å². The van der Waals surface area contributed by atoms with Crippen molar-refractivity contribution in [3.05, 3.63) is 46.7 Å². The van der Waals surface area contributed by atoms with Crippen molar-refractivity contribution in [3.63, 3.8) is 0 Å². The van der Waals surface area contributed by atoms with E-state index >= 15 is 0 Å². The van der Waals surface area contributed by atoms with Gasteiger partial charge in [0.1, 0.15) is 25.0 Å². The van der Waals surface area contributed by atoms with E-state index < -0.39 is 0 Å². The first kappa shape index (κ1) is 14.6. The summed E-state index contributed by atoms with van der Waals surface area (Å²) in [5, 5.41) is 6.61. The average molecular weight is 341 g/mol. The van der Waals surface area contributed by atoms with Crippen molar-refractivity contribution in [2.45, 2.75) is 19.4 Å². The lowest BCUT2D eigenvalue weighted by atomic mass is 10.1. The van der Waals surface area contributed by atoms with Crippen molar-refractivity contribution in [1.29, 1.82) is 0 Å². The third-order valence-corrected chi connectivity index (χ3v) is 3.23. The lowest BCUT2D eigenvalue weighted by Gasteiger charge is -2.06. The fourth-order valence-corrected chi connectivity index (χ4v) is 2.08. The van der Waals surface area contributed by atoms with E-state index in [1.807, 2.05) is 6.07 Å². The topological polar surface area (TPSA) is 59.8 Å². The maximum absolute atomic E-state index is 13.6. The standard InChI is InChI=1S/C13H14BrFN4O/c14-11-4-3-10(12(15)6-11)2-1-5-17-13(20)7-19-9-16-8-18-19/h3-4,6,8-9H,1-2,5,7H2,(H,17,20). The van der Waals surface area contributed by atoms with E-state index in [1.165, 1.54) is 23.4 Å². The molecule has 0 unspecified atom stereocenters. The molecule has 106 valence electrons. The monoisotopic (exact) mass is 340 g/mol. The summed E-state index contributed by atoms with van der Waals surface area (Å²) in [5.74, 6) is -0.361. The zero-order valence-corrected chi connectivity index (χ0v) is 12.3. The van der Waals surface area contributed by atoms with Crippen LogP contribution >= 0.6 is 15.9 Å². The van der Waals surface area contributed by atoms with Crippen molar-refractivity contribution < 1.29 is 9.18 Å². The third kappa shape index (κ3) is 4.41. The van der Waals surface area contributed by atoms with Gasteiger partial charge in [0.05, 0.1) is 0 Å². The van der Waals surface area contributed by atoms with Crippen LogP contribution in [0, 0.1) is 5.82 Å². The van der Waals surface area contributed by atoms with Gasteiger partial charge in [0.2, 0.25) is 5.91 Å². The molecule has 0 aliphatic rings. The minimum atomic E-state index is -0.228. The average Bonchev–Trinajstić information content (AvgIpc) is 2.89. The van der Waals surface area contributed by atoms with Crippen LogP contribution in [0.4, 0.5) is 4.39 Å². The molecule has 0 radical (unpaired) electrons. The number of hydrogen-bond acceptors (Lipinski definition) is 3. The number of benzene rings is 1. The largest absolute Gasteiger partial charge is 0.354 e. The molecule has 0 spiro atoms. The van der Waals surface area contributed by atoms with Crippen LogP contribution in [0.25, 0.3) is 0 Å². The second-order valence-electron chi connectivity index (χ2n) is 4.28. The maximum atomic E-state index is 13.6. The summed E-state index contributed by atoms with van der Waals surface area (Å²) >= 11 is 3.22. The van der Waals surface area contributed by atoms with Gasteiger partial charge in [0, 0.05) is 11.0 Å². The zero-order valence-electron chi connectivity index (χ0n) is 10.7. The molecule has 0 aliphatic carbocycles. The Morgan fingerprint density at radius 1 is 1.45 bits per heavy atom. The van der Waals surface area contributed by atoms with Crippen LogP contribution in [0.2, 0.25) is 0 Å². The first-order valence-corrected chi connectivity index (χ1v) is 6.97. The maximum Gasteiger partial charge on any atom is 0.241 e. The summed E-state index contributed by atoms with van der Waals surface area (Å²) in [7, 11) is 0. The quantitative estimate of drug-likeness (QED) is 0.817. The number of aromatic nitrogens is 3. The molecule has 0 fully saturated rings. The van der Waals surface area contributed by atoms with Gasteiger partial charge in [-0.25, -0.2) is 14.1 Å². The molecule has 1 aromatic carbocycles. The smallest absolute Gasteiger partial charge is 0.241 e. The number of halogens is 2. The predicted octanol–water partition coefficient (Wildman–Crippen LogP) is 1.93. The third-order valence-electron chi connectivity index (χ3n) is 2.73. The van der Waals surface area contributed by atoms with E-state index in [2.05, 4.69) is 31.3 Å². The van der Waals surface area contributed by atoms with Crippen LogP contribution in [-0.2, 0) is 17.8 Å². The summed E-state index contributed by atoms with van der Waals surface area (Å²) in [6, 6.07) is 5.00. The number of carbonyl (C=O) groups excluding carboxylic acids is 1. The molecule has 1 heterocycles. The molecule has 0 atom stereocenters. The molecule has 2 aromatic rings. The highest BCUT2D eigenvalue weighted by Gasteiger charge is 2.04. The summed E-state index contributed by atoms with van der Waals surface area (Å²) < 4.78 is 15.7. The minimum absolute atomic E-state index is 0.133. The van der Waals surface area contributed by atoms with E-state index in [-0.39, 0.29) is 18.3 Å². The van der Waals surface area contributed by atoms with Crippen molar-refractivity contribution in [3.8, 4) is 0 Å². The number of hydrogen-bond donors (Lipinski definition) is 1. The molecule has 1 aromatic heterocycles. The van der Waals surface area contributed by atoms with Crippen LogP contribution in [0.3, 0.4) is 0 Å². The molecular formula is C13H14BrFN4O. The predicted molar refractivity (Wildman–Crippen MR) is 75.5 cm³/mol. The number of carbonyl (C=O) groups is 1. The SMILES string of the molecule is O=C(Cn1cncn1)NCCCc1ccc(Br)cc1F. The van der Waals surface area contributed by atoms with Gasteiger partial charge in [-0.3, -0.25) is 4.79 Å². The van der Waals surface area contributed by atoms with E-state index in [1.54, 1.807) is 6.07 Å². The Balaban J connectivity index is 1.69. The van der Waals surface area contributed by atoms with E-state index in [4.69, 9.17) is 0 Å². The first-order chi connectivity index (χ1) is 9.65. The highest BCUT2D eigenvalue weighted by atomic mass is 79.9. The molecule has 5 nitrogen and oxygen atoms in total. The van der Waals surface area contributed by atoms with Gasteiger partial charge in [-0.05, 0) is 30.5 Å². The van der Waals surface area contributed by atoms with Crippen molar-refractivity contribution in [1.82, 2.24) is 20.1 Å². The Labute approximate surface area is 124 Å². The van der Waals surface area contributed by atoms with Crippen LogP contribution in [0.1, 0.15) is 12.0 Å². The molecule has 7 heteroatoms. The van der Waals surface area contributed by atoms with Crippen molar-refractivity contribution in [2.75, 3.05) is 6.54 Å². The van der Waals surface area contributed by atoms with Crippen LogP contribution in [0.5, 0.6) is 0 Å². The van der Waals surface area contributed by atoms with Gasteiger partial charge in [0.15, 0.2) is 0 Å². The molecule has 1 amide bonds.